The van der Waals surface area contributed by atoms with Gasteiger partial charge in [0, 0.05) is 28.7 Å². The van der Waals surface area contributed by atoms with E-state index >= 15 is 0 Å². The van der Waals surface area contributed by atoms with Crippen LogP contribution in [-0.4, -0.2) is 35.3 Å². The molecule has 0 saturated carbocycles. The maximum Gasteiger partial charge on any atom is 0.273 e. The summed E-state index contributed by atoms with van der Waals surface area (Å²) in [7, 11) is 1.47. The highest BCUT2D eigenvalue weighted by Crippen LogP contribution is 2.31. The molecule has 0 bridgehead atoms. The molecule has 0 aliphatic carbocycles. The third kappa shape index (κ3) is 5.12. The molecular weight excluding hydrogens is 410 g/mol. The molecule has 1 amide bonds. The van der Waals surface area contributed by atoms with Gasteiger partial charge in [-0.3, -0.25) is 14.9 Å². The molecule has 0 saturated heterocycles. The van der Waals surface area contributed by atoms with Crippen molar-refractivity contribution in [2.24, 2.45) is 5.10 Å². The van der Waals surface area contributed by atoms with Crippen LogP contribution in [0.5, 0.6) is 5.75 Å². The molecule has 2 N–H and O–H groups in total. The number of benzene rings is 2. The molecule has 0 fully saturated rings. The normalized spacial score (nSPS) is 10.9. The number of anilines is 1. The van der Waals surface area contributed by atoms with Crippen LogP contribution in [-0.2, 0) is 4.79 Å². The number of hydrogen-bond acceptors (Lipinski definition) is 6. The highest BCUT2D eigenvalue weighted by Gasteiger charge is 2.17. The van der Waals surface area contributed by atoms with E-state index in [4.69, 9.17) is 4.74 Å². The monoisotopic (exact) mass is 435 g/mol. The van der Waals surface area contributed by atoms with Gasteiger partial charge in [0.05, 0.1) is 36.5 Å². The van der Waals surface area contributed by atoms with Crippen molar-refractivity contribution in [2.45, 2.75) is 20.8 Å². The molecule has 3 aromatic rings. The number of hydrazone groups is 1. The number of nitrogens with one attached hydrogen (secondary N) is 2. The largest absolute Gasteiger partial charge is 0.494 e. The summed E-state index contributed by atoms with van der Waals surface area (Å²) in [5, 5.41) is 18.2. The SMILES string of the molecule is COc1cc([N+](=O)[O-])ccc1-n1c(C)cc(/C=N\NC(=O)CNc2ccc(C)cc2)c1C. The molecule has 0 aliphatic rings. The highest BCUT2D eigenvalue weighted by atomic mass is 16.6. The number of non-ortho nitro benzene ring substituents is 1. The van der Waals surface area contributed by atoms with Crippen molar-refractivity contribution in [3.8, 4) is 11.4 Å². The lowest BCUT2D eigenvalue weighted by atomic mass is 10.2. The second kappa shape index (κ2) is 9.78. The van der Waals surface area contributed by atoms with Crippen molar-refractivity contribution in [1.29, 1.82) is 0 Å². The summed E-state index contributed by atoms with van der Waals surface area (Å²) in [5.74, 6) is 0.118. The van der Waals surface area contributed by atoms with E-state index in [0.29, 0.717) is 11.4 Å². The zero-order chi connectivity index (χ0) is 23.3. The predicted octanol–water partition coefficient (Wildman–Crippen LogP) is 3.88. The Bertz CT molecular complexity index is 1170. The summed E-state index contributed by atoms with van der Waals surface area (Å²) in [6, 6.07) is 14.1. The van der Waals surface area contributed by atoms with E-state index in [0.717, 1.165) is 28.2 Å². The summed E-state index contributed by atoms with van der Waals surface area (Å²) < 4.78 is 7.29. The molecule has 9 heteroatoms. The van der Waals surface area contributed by atoms with Crippen molar-refractivity contribution in [3.05, 3.63) is 81.2 Å². The van der Waals surface area contributed by atoms with Crippen LogP contribution in [0.3, 0.4) is 0 Å². The lowest BCUT2D eigenvalue weighted by Crippen LogP contribution is -2.25. The molecule has 32 heavy (non-hydrogen) atoms. The van der Waals surface area contributed by atoms with Crippen LogP contribution in [0.15, 0.2) is 53.6 Å². The minimum absolute atomic E-state index is 0.0446. The number of rotatable bonds is 8. The molecule has 9 nitrogen and oxygen atoms in total. The minimum Gasteiger partial charge on any atom is -0.494 e. The van der Waals surface area contributed by atoms with Gasteiger partial charge in [-0.25, -0.2) is 5.43 Å². The quantitative estimate of drug-likeness (QED) is 0.317. The van der Waals surface area contributed by atoms with Gasteiger partial charge in [0.15, 0.2) is 0 Å². The molecular formula is C23H25N5O4. The van der Waals surface area contributed by atoms with Crippen LogP contribution < -0.4 is 15.5 Å². The summed E-state index contributed by atoms with van der Waals surface area (Å²) in [6.07, 6.45) is 1.57. The molecule has 0 unspecified atom stereocenters. The molecule has 0 spiro atoms. The van der Waals surface area contributed by atoms with Crippen LogP contribution in [0.25, 0.3) is 5.69 Å². The lowest BCUT2D eigenvalue weighted by Gasteiger charge is -2.13. The molecule has 0 radical (unpaired) electrons. The van der Waals surface area contributed by atoms with E-state index in [-0.39, 0.29) is 18.1 Å². The Hall–Kier alpha value is -4.14. The first-order valence-corrected chi connectivity index (χ1v) is 9.94. The summed E-state index contributed by atoms with van der Waals surface area (Å²) in [6.45, 7) is 5.91. The number of carbonyl (C=O) groups excluding carboxylic acids is 1. The van der Waals surface area contributed by atoms with Crippen LogP contribution in [0.2, 0.25) is 0 Å². The number of nitro groups is 1. The van der Waals surface area contributed by atoms with Crippen molar-refractivity contribution in [1.82, 2.24) is 9.99 Å². The first-order valence-electron chi connectivity index (χ1n) is 9.94. The van der Waals surface area contributed by atoms with Crippen molar-refractivity contribution >= 4 is 23.5 Å². The first kappa shape index (κ1) is 22.5. The van der Waals surface area contributed by atoms with Gasteiger partial charge in [-0.15, -0.1) is 0 Å². The zero-order valence-electron chi connectivity index (χ0n) is 18.4. The van der Waals surface area contributed by atoms with Crippen molar-refractivity contribution < 1.29 is 14.5 Å². The number of ether oxygens (including phenoxy) is 1. The first-order chi connectivity index (χ1) is 15.3. The molecule has 166 valence electrons. The van der Waals surface area contributed by atoms with Gasteiger partial charge in [0.25, 0.3) is 11.6 Å². The summed E-state index contributed by atoms with van der Waals surface area (Å²) in [4.78, 5) is 22.7. The van der Waals surface area contributed by atoms with Crippen molar-refractivity contribution in [2.75, 3.05) is 19.0 Å². The van der Waals surface area contributed by atoms with E-state index in [9.17, 15) is 14.9 Å². The van der Waals surface area contributed by atoms with Gasteiger partial charge in [-0.05, 0) is 45.0 Å². The van der Waals surface area contributed by atoms with Gasteiger partial charge in [0.1, 0.15) is 5.75 Å². The van der Waals surface area contributed by atoms with E-state index in [2.05, 4.69) is 15.8 Å². The molecule has 2 aromatic carbocycles. The highest BCUT2D eigenvalue weighted by molar-refractivity contribution is 5.85. The second-order valence-electron chi connectivity index (χ2n) is 7.29. The topological polar surface area (TPSA) is 111 Å². The van der Waals surface area contributed by atoms with E-state index in [1.807, 2.05) is 55.7 Å². The number of nitrogens with zero attached hydrogens (tertiary/aromatic N) is 3. The van der Waals surface area contributed by atoms with Crippen LogP contribution in [0.1, 0.15) is 22.5 Å². The summed E-state index contributed by atoms with van der Waals surface area (Å²) >= 11 is 0. The number of aromatic nitrogens is 1. The average Bonchev–Trinajstić information content (AvgIpc) is 3.05. The van der Waals surface area contributed by atoms with Crippen molar-refractivity contribution in [3.63, 3.8) is 0 Å². The van der Waals surface area contributed by atoms with E-state index in [1.165, 1.54) is 19.2 Å². The maximum atomic E-state index is 12.1. The Balaban J connectivity index is 1.71. The van der Waals surface area contributed by atoms with Crippen LogP contribution in [0.4, 0.5) is 11.4 Å². The average molecular weight is 435 g/mol. The number of amides is 1. The fraction of sp³-hybridized carbons (Fsp3) is 0.217. The third-order valence-corrected chi connectivity index (χ3v) is 4.98. The number of nitro benzene ring substituents is 1. The number of aryl methyl sites for hydroxylation is 2. The van der Waals surface area contributed by atoms with E-state index < -0.39 is 4.92 Å². The molecule has 0 aliphatic heterocycles. The number of hydrogen-bond donors (Lipinski definition) is 2. The molecule has 1 aromatic heterocycles. The van der Waals surface area contributed by atoms with Crippen LogP contribution >= 0.6 is 0 Å². The molecule has 1 heterocycles. The van der Waals surface area contributed by atoms with E-state index in [1.54, 1.807) is 12.3 Å². The maximum absolute atomic E-state index is 12.1. The van der Waals surface area contributed by atoms with Gasteiger partial charge in [-0.2, -0.15) is 5.10 Å². The zero-order valence-corrected chi connectivity index (χ0v) is 18.4. The second-order valence-corrected chi connectivity index (χ2v) is 7.29. The van der Waals surface area contributed by atoms with Gasteiger partial charge in [0.2, 0.25) is 0 Å². The Morgan fingerprint density at radius 2 is 1.88 bits per heavy atom. The molecule has 0 atom stereocenters. The standard InChI is InChI=1S/C23H25N5O4/c1-15-5-7-19(8-6-15)24-14-23(29)26-25-13-18-11-16(2)27(17(18)3)21-10-9-20(28(30)31)12-22(21)32-4/h5-13,24H,14H2,1-4H3,(H,26,29)/b25-13-. The Morgan fingerprint density at radius 1 is 1.16 bits per heavy atom. The Morgan fingerprint density at radius 3 is 2.53 bits per heavy atom. The predicted molar refractivity (Wildman–Crippen MR) is 124 cm³/mol. The van der Waals surface area contributed by atoms with Gasteiger partial charge >= 0.3 is 0 Å². The Labute approximate surface area is 185 Å². The smallest absolute Gasteiger partial charge is 0.273 e. The number of carbonyl (C=O) groups is 1. The van der Waals surface area contributed by atoms with Crippen LogP contribution in [0, 0.1) is 30.9 Å². The number of methoxy groups -OCH3 is 1. The lowest BCUT2D eigenvalue weighted by molar-refractivity contribution is -0.384. The van der Waals surface area contributed by atoms with Gasteiger partial charge < -0.3 is 14.6 Å². The minimum atomic E-state index is -0.462. The third-order valence-electron chi connectivity index (χ3n) is 4.98. The molecule has 3 rings (SSSR count). The fourth-order valence-corrected chi connectivity index (χ4v) is 3.32. The Kier molecular flexibility index (Phi) is 6.89. The van der Waals surface area contributed by atoms with Gasteiger partial charge in [-0.1, -0.05) is 17.7 Å². The fourth-order valence-electron chi connectivity index (χ4n) is 3.32. The summed E-state index contributed by atoms with van der Waals surface area (Å²) in [5.41, 5.74) is 7.69.